The van der Waals surface area contributed by atoms with Crippen LogP contribution in [0.5, 0.6) is 0 Å². The van der Waals surface area contributed by atoms with E-state index in [0.717, 1.165) is 0 Å². The zero-order valence-electron chi connectivity index (χ0n) is 10.3. The predicted molar refractivity (Wildman–Crippen MR) is 73.4 cm³/mol. The van der Waals surface area contributed by atoms with Gasteiger partial charge in [-0.3, -0.25) is 0 Å². The summed E-state index contributed by atoms with van der Waals surface area (Å²) in [5, 5.41) is 4.73. The number of nitrogens with zero attached hydrogens (tertiary/aromatic N) is 1. The van der Waals surface area contributed by atoms with Gasteiger partial charge in [0, 0.05) is 10.6 Å². The number of rotatable bonds is 2. The van der Waals surface area contributed by atoms with Gasteiger partial charge < -0.3 is 4.74 Å². The number of hydrogen-bond donors (Lipinski definition) is 1. The Morgan fingerprint density at radius 1 is 1.39 bits per heavy atom. The van der Waals surface area contributed by atoms with Crippen molar-refractivity contribution in [2.24, 2.45) is 5.10 Å². The van der Waals surface area contributed by atoms with Crippen LogP contribution < -0.4 is 5.43 Å². The third-order valence-electron chi connectivity index (χ3n) is 1.72. The molecule has 0 atom stereocenters. The molecule has 0 fully saturated rings. The minimum absolute atomic E-state index is 0.456. The van der Waals surface area contributed by atoms with Gasteiger partial charge in [-0.25, -0.2) is 10.2 Å². The molecule has 0 bridgehead atoms. The number of ether oxygens (including phenoxy) is 1. The van der Waals surface area contributed by atoms with Gasteiger partial charge >= 0.3 is 6.09 Å². The first-order valence-corrected chi connectivity index (χ1v) is 6.00. The van der Waals surface area contributed by atoms with E-state index >= 15 is 0 Å². The van der Waals surface area contributed by atoms with E-state index in [4.69, 9.17) is 27.9 Å². The molecule has 18 heavy (non-hydrogen) atoms. The van der Waals surface area contributed by atoms with E-state index in [9.17, 15) is 4.79 Å². The molecule has 1 aromatic carbocycles. The fraction of sp³-hybridized carbons (Fsp3) is 0.333. The van der Waals surface area contributed by atoms with E-state index in [1.807, 2.05) is 0 Å². The van der Waals surface area contributed by atoms with Crippen molar-refractivity contribution in [3.05, 3.63) is 33.8 Å². The second-order valence-corrected chi connectivity index (χ2v) is 5.38. The highest BCUT2D eigenvalue weighted by molar-refractivity contribution is 6.36. The largest absolute Gasteiger partial charge is 0.443 e. The van der Waals surface area contributed by atoms with Crippen molar-refractivity contribution in [3.8, 4) is 0 Å². The lowest BCUT2D eigenvalue weighted by Gasteiger charge is -2.18. The quantitative estimate of drug-likeness (QED) is 0.664. The van der Waals surface area contributed by atoms with E-state index in [0.29, 0.717) is 15.6 Å². The van der Waals surface area contributed by atoms with Crippen LogP contribution in [-0.2, 0) is 4.74 Å². The normalized spacial score (nSPS) is 11.6. The molecule has 1 aromatic rings. The van der Waals surface area contributed by atoms with Crippen LogP contribution in [0.25, 0.3) is 0 Å². The minimum Gasteiger partial charge on any atom is -0.443 e. The Labute approximate surface area is 116 Å². The number of benzene rings is 1. The molecule has 6 heteroatoms. The van der Waals surface area contributed by atoms with E-state index in [1.54, 1.807) is 39.0 Å². The van der Waals surface area contributed by atoms with Crippen molar-refractivity contribution >= 4 is 35.5 Å². The van der Waals surface area contributed by atoms with Gasteiger partial charge in [0.15, 0.2) is 0 Å². The summed E-state index contributed by atoms with van der Waals surface area (Å²) in [5.41, 5.74) is 2.34. The van der Waals surface area contributed by atoms with E-state index in [-0.39, 0.29) is 0 Å². The second kappa shape index (κ2) is 6.07. The number of hydrogen-bond acceptors (Lipinski definition) is 3. The van der Waals surface area contributed by atoms with Gasteiger partial charge in [0.1, 0.15) is 5.60 Å². The molecule has 0 aliphatic heterocycles. The molecule has 1 rings (SSSR count). The maximum atomic E-state index is 11.3. The second-order valence-electron chi connectivity index (χ2n) is 4.54. The Bertz CT molecular complexity index is 468. The minimum atomic E-state index is -0.621. The average molecular weight is 289 g/mol. The van der Waals surface area contributed by atoms with Crippen molar-refractivity contribution in [3.63, 3.8) is 0 Å². The molecule has 1 N–H and O–H groups in total. The maximum Gasteiger partial charge on any atom is 0.428 e. The average Bonchev–Trinajstić information content (AvgIpc) is 2.18. The fourth-order valence-electron chi connectivity index (χ4n) is 1.06. The van der Waals surface area contributed by atoms with E-state index < -0.39 is 11.7 Å². The molecule has 0 aliphatic carbocycles. The lowest BCUT2D eigenvalue weighted by atomic mass is 10.2. The topological polar surface area (TPSA) is 50.7 Å². The van der Waals surface area contributed by atoms with E-state index in [2.05, 4.69) is 10.5 Å². The summed E-state index contributed by atoms with van der Waals surface area (Å²) in [6.07, 6.45) is 0.798. The van der Waals surface area contributed by atoms with Gasteiger partial charge in [0.2, 0.25) is 0 Å². The molecule has 98 valence electrons. The smallest absolute Gasteiger partial charge is 0.428 e. The molecule has 4 nitrogen and oxygen atoms in total. The van der Waals surface area contributed by atoms with Crippen LogP contribution in [0.3, 0.4) is 0 Å². The summed E-state index contributed by atoms with van der Waals surface area (Å²) in [5.74, 6) is 0. The Kier molecular flexibility index (Phi) is 4.99. The summed E-state index contributed by atoms with van der Waals surface area (Å²) >= 11 is 11.7. The predicted octanol–water partition coefficient (Wildman–Crippen LogP) is 3.85. The molecule has 0 spiro atoms. The highest BCUT2D eigenvalue weighted by Gasteiger charge is 2.15. The van der Waals surface area contributed by atoms with Gasteiger partial charge in [-0.05, 0) is 32.9 Å². The SMILES string of the molecule is CC(C)(C)OC(=O)N/N=C/c1ccc(Cl)cc1Cl. The van der Waals surface area contributed by atoms with Gasteiger partial charge in [-0.2, -0.15) is 5.10 Å². The summed E-state index contributed by atoms with van der Waals surface area (Å²) in [4.78, 5) is 11.3. The first kappa shape index (κ1) is 14.8. The van der Waals surface area contributed by atoms with E-state index in [1.165, 1.54) is 6.21 Å². The summed E-state index contributed by atoms with van der Waals surface area (Å²) < 4.78 is 5.01. The molecule has 0 heterocycles. The molecule has 0 unspecified atom stereocenters. The molecule has 1 amide bonds. The summed E-state index contributed by atoms with van der Waals surface area (Å²) in [7, 11) is 0. The first-order valence-electron chi connectivity index (χ1n) is 5.25. The number of amides is 1. The molecule has 0 aliphatic rings. The Morgan fingerprint density at radius 2 is 2.06 bits per heavy atom. The molecule has 0 radical (unpaired) electrons. The highest BCUT2D eigenvalue weighted by atomic mass is 35.5. The zero-order chi connectivity index (χ0) is 13.8. The van der Waals surface area contributed by atoms with Gasteiger partial charge in [-0.15, -0.1) is 0 Å². The number of nitrogens with one attached hydrogen (secondary N) is 1. The summed E-state index contributed by atoms with van der Waals surface area (Å²) in [6.45, 7) is 5.31. The van der Waals surface area contributed by atoms with Crippen LogP contribution in [0.1, 0.15) is 26.3 Å². The zero-order valence-corrected chi connectivity index (χ0v) is 11.8. The van der Waals surface area contributed by atoms with Crippen LogP contribution in [0.4, 0.5) is 4.79 Å². The van der Waals surface area contributed by atoms with Crippen molar-refractivity contribution in [2.75, 3.05) is 0 Å². The lowest BCUT2D eigenvalue weighted by molar-refractivity contribution is 0.0529. The third kappa shape index (κ3) is 5.38. The van der Waals surface area contributed by atoms with Crippen molar-refractivity contribution in [1.82, 2.24) is 5.43 Å². The maximum absolute atomic E-state index is 11.3. The monoisotopic (exact) mass is 288 g/mol. The lowest BCUT2D eigenvalue weighted by Crippen LogP contribution is -2.29. The standard InChI is InChI=1S/C12H14Cl2N2O2/c1-12(2,3)18-11(17)16-15-7-8-4-5-9(13)6-10(8)14/h4-7H,1-3H3,(H,16,17)/b15-7+. The number of hydrazone groups is 1. The first-order chi connectivity index (χ1) is 8.28. The number of carbonyl (C=O) groups is 1. The Balaban J connectivity index is 2.58. The highest BCUT2D eigenvalue weighted by Crippen LogP contribution is 2.19. The molecule has 0 saturated carbocycles. The molecule has 0 saturated heterocycles. The van der Waals surface area contributed by atoms with Crippen LogP contribution in [0.2, 0.25) is 10.0 Å². The number of carbonyl (C=O) groups excluding carboxylic acids is 1. The van der Waals surface area contributed by atoms with Crippen LogP contribution in [0, 0.1) is 0 Å². The summed E-state index contributed by atoms with van der Waals surface area (Å²) in [6, 6.07) is 4.98. The third-order valence-corrected chi connectivity index (χ3v) is 2.28. The Morgan fingerprint density at radius 3 is 2.61 bits per heavy atom. The van der Waals surface area contributed by atoms with Gasteiger partial charge in [0.25, 0.3) is 0 Å². The Hall–Kier alpha value is -1.26. The van der Waals surface area contributed by atoms with Gasteiger partial charge in [0.05, 0.1) is 11.2 Å². The van der Waals surface area contributed by atoms with Gasteiger partial charge in [-0.1, -0.05) is 29.3 Å². The molecular formula is C12H14Cl2N2O2. The molecular weight excluding hydrogens is 275 g/mol. The number of halogens is 2. The van der Waals surface area contributed by atoms with Crippen LogP contribution in [-0.4, -0.2) is 17.9 Å². The van der Waals surface area contributed by atoms with Crippen molar-refractivity contribution < 1.29 is 9.53 Å². The van der Waals surface area contributed by atoms with Crippen molar-refractivity contribution in [2.45, 2.75) is 26.4 Å². The van der Waals surface area contributed by atoms with Crippen LogP contribution >= 0.6 is 23.2 Å². The van der Waals surface area contributed by atoms with Crippen LogP contribution in [0.15, 0.2) is 23.3 Å². The molecule has 0 aromatic heterocycles. The van der Waals surface area contributed by atoms with Crippen molar-refractivity contribution in [1.29, 1.82) is 0 Å². The fourth-order valence-corrected chi connectivity index (χ4v) is 1.52.